The van der Waals surface area contributed by atoms with Gasteiger partial charge in [0.2, 0.25) is 0 Å². The van der Waals surface area contributed by atoms with E-state index in [1.54, 1.807) is 6.92 Å². The molecule has 0 heterocycles. The summed E-state index contributed by atoms with van der Waals surface area (Å²) in [5.41, 5.74) is 0.549. The third-order valence-electron chi connectivity index (χ3n) is 10.7. The van der Waals surface area contributed by atoms with Gasteiger partial charge in [0.25, 0.3) is 0 Å². The van der Waals surface area contributed by atoms with Crippen molar-refractivity contribution in [1.29, 1.82) is 0 Å². The van der Waals surface area contributed by atoms with E-state index in [1.807, 2.05) is 0 Å². The van der Waals surface area contributed by atoms with Crippen molar-refractivity contribution in [2.45, 2.75) is 105 Å². The van der Waals surface area contributed by atoms with Gasteiger partial charge < -0.3 is 4.74 Å². The van der Waals surface area contributed by atoms with Crippen molar-refractivity contribution < 1.29 is 9.53 Å². The minimum Gasteiger partial charge on any atom is -0.463 e. The van der Waals surface area contributed by atoms with Gasteiger partial charge in [-0.25, -0.2) is 0 Å². The lowest BCUT2D eigenvalue weighted by atomic mass is 9.49. The molecule has 0 saturated heterocycles. The normalized spacial score (nSPS) is 44.4. The van der Waals surface area contributed by atoms with Crippen LogP contribution in [0.3, 0.4) is 0 Å². The standard InChI is InChI=1S/C29H48O2/c1-18(2)19(3)7-8-20(4)27-13-14-28-26-11-9-22-17-23(31-21(5)30)10-12-24(22)25(26)15-16-29(27,28)6/h7-8,18-20,22-28H,9-17H2,1-6H3/b8-7+/t19-,20-,22-,23+,24-,25+,26-,27+,28+,29+/m0/s1. The summed E-state index contributed by atoms with van der Waals surface area (Å²) < 4.78 is 5.61. The van der Waals surface area contributed by atoms with Crippen molar-refractivity contribution in [2.24, 2.45) is 58.7 Å². The van der Waals surface area contributed by atoms with E-state index in [4.69, 9.17) is 4.74 Å². The first-order valence-electron chi connectivity index (χ1n) is 13.6. The van der Waals surface area contributed by atoms with Crippen molar-refractivity contribution in [2.75, 3.05) is 0 Å². The summed E-state index contributed by atoms with van der Waals surface area (Å²) in [6, 6.07) is 0. The van der Waals surface area contributed by atoms with Gasteiger partial charge in [0, 0.05) is 6.92 Å². The molecule has 4 saturated carbocycles. The Hall–Kier alpha value is -0.790. The number of carbonyl (C=O) groups is 1. The number of fused-ring (bicyclic) bond motifs is 5. The Morgan fingerprint density at radius 3 is 2.35 bits per heavy atom. The van der Waals surface area contributed by atoms with Crippen LogP contribution in [0.15, 0.2) is 12.2 Å². The van der Waals surface area contributed by atoms with Crippen molar-refractivity contribution in [1.82, 2.24) is 0 Å². The van der Waals surface area contributed by atoms with Gasteiger partial charge in [0.05, 0.1) is 0 Å². The minimum atomic E-state index is -0.0893. The zero-order valence-corrected chi connectivity index (χ0v) is 21.1. The highest BCUT2D eigenvalue weighted by Crippen LogP contribution is 2.65. The maximum absolute atomic E-state index is 11.4. The lowest BCUT2D eigenvalue weighted by molar-refractivity contribution is -0.152. The lowest BCUT2D eigenvalue weighted by Gasteiger charge is -2.56. The highest BCUT2D eigenvalue weighted by atomic mass is 16.5. The molecule has 2 nitrogen and oxygen atoms in total. The Bertz CT molecular complexity index is 666. The van der Waals surface area contributed by atoms with Crippen LogP contribution < -0.4 is 0 Å². The molecular weight excluding hydrogens is 380 g/mol. The largest absolute Gasteiger partial charge is 0.463 e. The van der Waals surface area contributed by atoms with Crippen LogP contribution >= 0.6 is 0 Å². The number of hydrogen-bond donors (Lipinski definition) is 0. The summed E-state index contributed by atoms with van der Waals surface area (Å²) in [6.07, 6.45) is 17.4. The fraction of sp³-hybridized carbons (Fsp3) is 0.897. The van der Waals surface area contributed by atoms with E-state index in [1.165, 1.54) is 44.9 Å². The van der Waals surface area contributed by atoms with Crippen molar-refractivity contribution in [3.8, 4) is 0 Å². The molecule has 0 amide bonds. The second-order valence-electron chi connectivity index (χ2n) is 12.6. The molecule has 0 aromatic heterocycles. The molecular formula is C29H48O2. The predicted molar refractivity (Wildman–Crippen MR) is 128 cm³/mol. The van der Waals surface area contributed by atoms with E-state index < -0.39 is 0 Å². The van der Waals surface area contributed by atoms with E-state index in [2.05, 4.69) is 46.8 Å². The number of allylic oxidation sites excluding steroid dienone is 2. The molecule has 0 aromatic carbocycles. The minimum absolute atomic E-state index is 0.0893. The molecule has 4 aliphatic rings. The van der Waals surface area contributed by atoms with E-state index in [9.17, 15) is 4.79 Å². The average molecular weight is 429 g/mol. The van der Waals surface area contributed by atoms with Crippen molar-refractivity contribution in [3.05, 3.63) is 12.2 Å². The maximum Gasteiger partial charge on any atom is 0.302 e. The molecule has 4 fully saturated rings. The highest BCUT2D eigenvalue weighted by Gasteiger charge is 2.57. The third kappa shape index (κ3) is 4.51. The molecule has 176 valence electrons. The summed E-state index contributed by atoms with van der Waals surface area (Å²) in [5.74, 6) is 7.46. The number of hydrogen-bond acceptors (Lipinski definition) is 2. The molecule has 10 atom stereocenters. The average Bonchev–Trinajstić information content (AvgIpc) is 3.08. The monoisotopic (exact) mass is 428 g/mol. The summed E-state index contributed by atoms with van der Waals surface area (Å²) in [5, 5.41) is 0. The van der Waals surface area contributed by atoms with Crippen molar-refractivity contribution >= 4 is 5.97 Å². The summed E-state index contributed by atoms with van der Waals surface area (Å²) in [6.45, 7) is 13.8. The Balaban J connectivity index is 1.42. The first-order chi connectivity index (χ1) is 14.7. The van der Waals surface area contributed by atoms with Crippen LogP contribution in [0.5, 0.6) is 0 Å². The fourth-order valence-electron chi connectivity index (χ4n) is 8.76. The van der Waals surface area contributed by atoms with Crippen LogP contribution in [0.25, 0.3) is 0 Å². The van der Waals surface area contributed by atoms with Crippen molar-refractivity contribution in [3.63, 3.8) is 0 Å². The van der Waals surface area contributed by atoms with Crippen LogP contribution in [0.1, 0.15) is 99.3 Å². The van der Waals surface area contributed by atoms with Gasteiger partial charge in [0.1, 0.15) is 6.10 Å². The van der Waals surface area contributed by atoms with Gasteiger partial charge >= 0.3 is 5.97 Å². The molecule has 4 rings (SSSR count). The molecule has 0 aliphatic heterocycles. The molecule has 4 aliphatic carbocycles. The van der Waals surface area contributed by atoms with Crippen LogP contribution in [0.2, 0.25) is 0 Å². The summed E-state index contributed by atoms with van der Waals surface area (Å²) >= 11 is 0. The highest BCUT2D eigenvalue weighted by molar-refractivity contribution is 5.66. The maximum atomic E-state index is 11.4. The molecule has 0 radical (unpaired) electrons. The summed E-state index contributed by atoms with van der Waals surface area (Å²) in [4.78, 5) is 11.4. The summed E-state index contributed by atoms with van der Waals surface area (Å²) in [7, 11) is 0. The molecule has 0 aromatic rings. The number of ether oxygens (including phenoxy) is 1. The van der Waals surface area contributed by atoms with Gasteiger partial charge in [-0.05, 0) is 116 Å². The molecule has 31 heavy (non-hydrogen) atoms. The van der Waals surface area contributed by atoms with Gasteiger partial charge in [0.15, 0.2) is 0 Å². The third-order valence-corrected chi connectivity index (χ3v) is 10.7. The zero-order valence-electron chi connectivity index (χ0n) is 21.1. The topological polar surface area (TPSA) is 26.3 Å². The molecule has 0 unspecified atom stereocenters. The van der Waals surface area contributed by atoms with E-state index in [0.717, 1.165) is 54.3 Å². The Morgan fingerprint density at radius 2 is 1.65 bits per heavy atom. The van der Waals surface area contributed by atoms with Crippen LogP contribution in [0, 0.1) is 58.7 Å². The van der Waals surface area contributed by atoms with E-state index in [-0.39, 0.29) is 12.1 Å². The first-order valence-corrected chi connectivity index (χ1v) is 13.6. The smallest absolute Gasteiger partial charge is 0.302 e. The first kappa shape index (κ1) is 23.4. The Labute approximate surface area is 192 Å². The number of rotatable bonds is 5. The van der Waals surface area contributed by atoms with E-state index >= 15 is 0 Å². The molecule has 0 spiro atoms. The van der Waals surface area contributed by atoms with Gasteiger partial charge in [-0.2, -0.15) is 0 Å². The SMILES string of the molecule is CC(=O)O[C@@H]1CC[C@H]2[C@@H](CC[C@H]3[C@@H]2CC[C@@]2(C)[C@@H]3CC[C@@H]2[C@@H](C)/C=C/[C@H](C)C(C)C)C1. The second-order valence-corrected chi connectivity index (χ2v) is 12.6. The zero-order chi connectivity index (χ0) is 22.3. The molecule has 2 heteroatoms. The Morgan fingerprint density at radius 1 is 0.903 bits per heavy atom. The lowest BCUT2D eigenvalue weighted by Crippen LogP contribution is -2.49. The number of esters is 1. The molecule has 0 bridgehead atoms. The van der Waals surface area contributed by atoms with Gasteiger partial charge in [-0.1, -0.05) is 46.8 Å². The van der Waals surface area contributed by atoms with Crippen LogP contribution in [-0.2, 0) is 9.53 Å². The van der Waals surface area contributed by atoms with E-state index in [0.29, 0.717) is 17.3 Å². The fourth-order valence-corrected chi connectivity index (χ4v) is 8.76. The quantitative estimate of drug-likeness (QED) is 0.332. The predicted octanol–water partition coefficient (Wildman–Crippen LogP) is 7.67. The van der Waals surface area contributed by atoms with Crippen LogP contribution in [0.4, 0.5) is 0 Å². The van der Waals surface area contributed by atoms with Crippen LogP contribution in [-0.4, -0.2) is 12.1 Å². The molecule has 0 N–H and O–H groups in total. The van der Waals surface area contributed by atoms with Gasteiger partial charge in [-0.3, -0.25) is 4.79 Å². The number of carbonyl (C=O) groups excluding carboxylic acids is 1. The van der Waals surface area contributed by atoms with Gasteiger partial charge in [-0.15, -0.1) is 0 Å². The second kappa shape index (κ2) is 9.22. The Kier molecular flexibility index (Phi) is 6.95.